The number of H-pyrrole nitrogens is 1. The Bertz CT molecular complexity index is 778. The molecule has 20 heavy (non-hydrogen) atoms. The minimum atomic E-state index is -0.188. The first-order valence-electron chi connectivity index (χ1n) is 5.89. The lowest BCUT2D eigenvalue weighted by Crippen LogP contribution is -2.22. The molecule has 0 aliphatic heterocycles. The first-order valence-corrected chi connectivity index (χ1v) is 7.15. The molecule has 0 saturated heterocycles. The molecular formula is C13H11ClN4OS. The molecule has 0 aliphatic rings. The van der Waals surface area contributed by atoms with E-state index in [2.05, 4.69) is 15.5 Å². The molecule has 0 bridgehead atoms. The highest BCUT2D eigenvalue weighted by atomic mass is 35.5. The number of hydrogen-bond donors (Lipinski definition) is 2. The maximum atomic E-state index is 12.6. The number of nitrogens with zero attached hydrogens (tertiary/aromatic N) is 2. The van der Waals surface area contributed by atoms with E-state index in [1.54, 1.807) is 25.5 Å². The highest BCUT2D eigenvalue weighted by Crippen LogP contribution is 2.35. The van der Waals surface area contributed by atoms with Gasteiger partial charge in [0.2, 0.25) is 0 Å². The van der Waals surface area contributed by atoms with E-state index < -0.39 is 0 Å². The van der Waals surface area contributed by atoms with Crippen LogP contribution in [0.4, 0.5) is 5.69 Å². The number of rotatable bonds is 3. The molecule has 0 aliphatic carbocycles. The zero-order valence-corrected chi connectivity index (χ0v) is 12.1. The van der Waals surface area contributed by atoms with Gasteiger partial charge in [-0.1, -0.05) is 17.7 Å². The molecule has 3 aromatic rings. The van der Waals surface area contributed by atoms with Crippen molar-refractivity contribution in [3.05, 3.63) is 51.3 Å². The molecule has 3 rings (SSSR count). The standard InChI is InChI=1S/C13H11ClN4OS/c1-15-12-11(9-3-2-6-20-9)8(14)7-18(13(12)19)10-4-5-16-17-10/h2-7,15H,1H3,(H,16,17). The Morgan fingerprint density at radius 2 is 2.30 bits per heavy atom. The van der Waals surface area contributed by atoms with E-state index in [0.717, 1.165) is 10.4 Å². The topological polar surface area (TPSA) is 62.7 Å². The lowest BCUT2D eigenvalue weighted by molar-refractivity contribution is 0.919. The van der Waals surface area contributed by atoms with Gasteiger partial charge >= 0.3 is 0 Å². The summed E-state index contributed by atoms with van der Waals surface area (Å²) in [5.74, 6) is 0.506. The van der Waals surface area contributed by atoms with E-state index in [-0.39, 0.29) is 5.56 Å². The highest BCUT2D eigenvalue weighted by molar-refractivity contribution is 7.13. The van der Waals surface area contributed by atoms with Crippen molar-refractivity contribution < 1.29 is 0 Å². The van der Waals surface area contributed by atoms with Crippen molar-refractivity contribution in [1.29, 1.82) is 0 Å². The maximum absolute atomic E-state index is 12.6. The van der Waals surface area contributed by atoms with E-state index in [0.29, 0.717) is 16.5 Å². The molecule has 0 atom stereocenters. The van der Waals surface area contributed by atoms with Gasteiger partial charge in [-0.05, 0) is 11.4 Å². The number of aromatic nitrogens is 3. The van der Waals surface area contributed by atoms with Crippen LogP contribution in [0.15, 0.2) is 40.8 Å². The fraction of sp³-hybridized carbons (Fsp3) is 0.0769. The number of hydrogen-bond acceptors (Lipinski definition) is 4. The minimum absolute atomic E-state index is 0.188. The van der Waals surface area contributed by atoms with Crippen LogP contribution in [0, 0.1) is 0 Å². The van der Waals surface area contributed by atoms with E-state index >= 15 is 0 Å². The molecule has 0 amide bonds. The van der Waals surface area contributed by atoms with Gasteiger partial charge in [0.05, 0.1) is 5.02 Å². The number of thiophene rings is 1. The molecule has 0 unspecified atom stereocenters. The number of aromatic amines is 1. The largest absolute Gasteiger partial charge is 0.383 e. The van der Waals surface area contributed by atoms with Crippen LogP contribution >= 0.6 is 22.9 Å². The van der Waals surface area contributed by atoms with Crippen molar-refractivity contribution in [3.63, 3.8) is 0 Å². The summed E-state index contributed by atoms with van der Waals surface area (Å²) in [5, 5.41) is 12.1. The minimum Gasteiger partial charge on any atom is -0.383 e. The van der Waals surface area contributed by atoms with E-state index in [4.69, 9.17) is 11.6 Å². The van der Waals surface area contributed by atoms with Gasteiger partial charge in [-0.15, -0.1) is 11.3 Å². The number of anilines is 1. The normalized spacial score (nSPS) is 10.7. The highest BCUT2D eigenvalue weighted by Gasteiger charge is 2.17. The predicted octanol–water partition coefficient (Wildman–Crippen LogP) is 2.98. The smallest absolute Gasteiger partial charge is 0.280 e. The lowest BCUT2D eigenvalue weighted by atomic mass is 10.2. The molecule has 3 aromatic heterocycles. The first-order chi connectivity index (χ1) is 9.72. The Balaban J connectivity index is 2.30. The van der Waals surface area contributed by atoms with E-state index in [1.165, 1.54) is 15.9 Å². The second kappa shape index (κ2) is 5.15. The molecule has 0 radical (unpaired) electrons. The Morgan fingerprint density at radius 1 is 1.45 bits per heavy atom. The predicted molar refractivity (Wildman–Crippen MR) is 82.1 cm³/mol. The van der Waals surface area contributed by atoms with Crippen molar-refractivity contribution in [1.82, 2.24) is 14.8 Å². The molecule has 0 spiro atoms. The molecule has 5 nitrogen and oxygen atoms in total. The van der Waals surface area contributed by atoms with Crippen molar-refractivity contribution in [2.45, 2.75) is 0 Å². The van der Waals surface area contributed by atoms with Gasteiger partial charge in [0, 0.05) is 35.9 Å². The van der Waals surface area contributed by atoms with Crippen LogP contribution in [0.2, 0.25) is 5.02 Å². The third-order valence-electron chi connectivity index (χ3n) is 2.91. The maximum Gasteiger partial charge on any atom is 0.280 e. The average molecular weight is 307 g/mol. The van der Waals surface area contributed by atoms with Gasteiger partial charge in [-0.25, -0.2) is 0 Å². The van der Waals surface area contributed by atoms with Crippen LogP contribution in [0.5, 0.6) is 0 Å². The fourth-order valence-corrected chi connectivity index (χ4v) is 3.17. The molecule has 2 N–H and O–H groups in total. The summed E-state index contributed by atoms with van der Waals surface area (Å²) in [7, 11) is 1.71. The van der Waals surface area contributed by atoms with Gasteiger partial charge in [0.1, 0.15) is 5.69 Å². The third-order valence-corrected chi connectivity index (χ3v) is 4.09. The van der Waals surface area contributed by atoms with E-state index in [1.807, 2.05) is 17.5 Å². The van der Waals surface area contributed by atoms with Crippen molar-refractivity contribution in [3.8, 4) is 16.3 Å². The molecule has 7 heteroatoms. The second-order valence-electron chi connectivity index (χ2n) is 4.06. The number of halogens is 1. The van der Waals surface area contributed by atoms with Gasteiger partial charge in [0.15, 0.2) is 5.82 Å². The quantitative estimate of drug-likeness (QED) is 0.782. The second-order valence-corrected chi connectivity index (χ2v) is 5.42. The van der Waals surface area contributed by atoms with Crippen LogP contribution in [0.3, 0.4) is 0 Å². The summed E-state index contributed by atoms with van der Waals surface area (Å²) in [6.45, 7) is 0. The summed E-state index contributed by atoms with van der Waals surface area (Å²) < 4.78 is 1.42. The summed E-state index contributed by atoms with van der Waals surface area (Å²) >= 11 is 7.90. The molecule has 3 heterocycles. The number of nitrogens with one attached hydrogen (secondary N) is 2. The molecule has 0 saturated carbocycles. The van der Waals surface area contributed by atoms with E-state index in [9.17, 15) is 4.79 Å². The summed E-state index contributed by atoms with van der Waals surface area (Å²) in [6, 6.07) is 5.57. The molecule has 102 valence electrons. The van der Waals surface area contributed by atoms with Crippen LogP contribution in [-0.2, 0) is 0 Å². The molecular weight excluding hydrogens is 296 g/mol. The van der Waals surface area contributed by atoms with Gasteiger partial charge < -0.3 is 5.32 Å². The average Bonchev–Trinajstić information content (AvgIpc) is 3.12. The fourth-order valence-electron chi connectivity index (χ4n) is 2.03. The summed E-state index contributed by atoms with van der Waals surface area (Å²) in [4.78, 5) is 13.5. The van der Waals surface area contributed by atoms with Crippen LogP contribution < -0.4 is 10.9 Å². The van der Waals surface area contributed by atoms with Gasteiger partial charge in [0.25, 0.3) is 5.56 Å². The van der Waals surface area contributed by atoms with Crippen molar-refractivity contribution >= 4 is 28.6 Å². The van der Waals surface area contributed by atoms with Crippen LogP contribution in [-0.4, -0.2) is 21.8 Å². The lowest BCUT2D eigenvalue weighted by Gasteiger charge is -2.12. The monoisotopic (exact) mass is 306 g/mol. The van der Waals surface area contributed by atoms with Crippen LogP contribution in [0.25, 0.3) is 16.3 Å². The summed E-state index contributed by atoms with van der Waals surface area (Å²) in [5.41, 5.74) is 0.997. The molecule has 0 fully saturated rings. The zero-order chi connectivity index (χ0) is 14.1. The first kappa shape index (κ1) is 13.0. The Hall–Kier alpha value is -2.05. The van der Waals surface area contributed by atoms with Gasteiger partial charge in [-0.3, -0.25) is 14.5 Å². The van der Waals surface area contributed by atoms with Gasteiger partial charge in [-0.2, -0.15) is 5.10 Å². The van der Waals surface area contributed by atoms with Crippen molar-refractivity contribution in [2.24, 2.45) is 0 Å². The SMILES string of the molecule is CNc1c(-c2cccs2)c(Cl)cn(-c2cc[nH]n2)c1=O. The molecule has 0 aromatic carbocycles. The Morgan fingerprint density at radius 3 is 2.90 bits per heavy atom. The Labute approximate surface area is 123 Å². The third kappa shape index (κ3) is 2.03. The summed E-state index contributed by atoms with van der Waals surface area (Å²) in [6.07, 6.45) is 3.25. The zero-order valence-electron chi connectivity index (χ0n) is 10.6. The van der Waals surface area contributed by atoms with Crippen molar-refractivity contribution in [2.75, 3.05) is 12.4 Å². The van der Waals surface area contributed by atoms with Crippen LogP contribution in [0.1, 0.15) is 0 Å². The Kier molecular flexibility index (Phi) is 3.33. The number of pyridine rings is 1.